The van der Waals surface area contributed by atoms with E-state index in [1.54, 1.807) is 36.4 Å². The number of carbonyl (C=O) groups is 2. The minimum Gasteiger partial charge on any atom is -0.457 e. The lowest BCUT2D eigenvalue weighted by Crippen LogP contribution is -2.29. The van der Waals surface area contributed by atoms with Crippen molar-refractivity contribution in [3.8, 4) is 11.5 Å². The van der Waals surface area contributed by atoms with E-state index in [1.165, 1.54) is 5.01 Å². The minimum atomic E-state index is -0.325. The van der Waals surface area contributed by atoms with Gasteiger partial charge in [0.25, 0.3) is 11.8 Å². The SMILES string of the molecule is Cc1cccc(Oc2ccc(C(=O)NC3=NN(c4ccccc4)C(=O)C3)cc2)c1. The standard InChI is InChI=1S/C23H19N3O3/c1-16-6-5-9-20(14-16)29-19-12-10-17(11-13-19)23(28)24-21-15-22(27)26(25-21)18-7-3-2-4-8-18/h2-14H,15H2,1H3,(H,24,25,28). The number of nitrogens with one attached hydrogen (secondary N) is 1. The lowest BCUT2D eigenvalue weighted by atomic mass is 10.2. The van der Waals surface area contributed by atoms with Gasteiger partial charge in [-0.15, -0.1) is 0 Å². The summed E-state index contributed by atoms with van der Waals surface area (Å²) in [5, 5.41) is 8.24. The Labute approximate surface area is 168 Å². The largest absolute Gasteiger partial charge is 0.457 e. The van der Waals surface area contributed by atoms with Crippen LogP contribution in [0.4, 0.5) is 5.69 Å². The van der Waals surface area contributed by atoms with Gasteiger partial charge >= 0.3 is 0 Å². The van der Waals surface area contributed by atoms with Crippen LogP contribution in [0.5, 0.6) is 11.5 Å². The van der Waals surface area contributed by atoms with Crippen LogP contribution in [-0.2, 0) is 4.79 Å². The van der Waals surface area contributed by atoms with Gasteiger partial charge in [0.15, 0.2) is 0 Å². The first-order valence-electron chi connectivity index (χ1n) is 9.20. The summed E-state index contributed by atoms with van der Waals surface area (Å²) in [6, 6.07) is 23.6. The van der Waals surface area contributed by atoms with Gasteiger partial charge in [0.1, 0.15) is 17.3 Å². The number of benzene rings is 3. The molecule has 1 aliphatic rings. The Kier molecular flexibility index (Phi) is 5.07. The zero-order chi connectivity index (χ0) is 20.2. The Morgan fingerprint density at radius 1 is 0.966 bits per heavy atom. The Bertz CT molecular complexity index is 1080. The Morgan fingerprint density at radius 3 is 2.45 bits per heavy atom. The van der Waals surface area contributed by atoms with Gasteiger partial charge in [-0.2, -0.15) is 10.1 Å². The second-order valence-corrected chi connectivity index (χ2v) is 6.66. The van der Waals surface area contributed by atoms with E-state index in [9.17, 15) is 9.59 Å². The maximum atomic E-state index is 12.5. The zero-order valence-corrected chi connectivity index (χ0v) is 15.8. The predicted octanol–water partition coefficient (Wildman–Crippen LogP) is 4.27. The van der Waals surface area contributed by atoms with Crippen molar-refractivity contribution in [1.82, 2.24) is 5.32 Å². The van der Waals surface area contributed by atoms with Crippen LogP contribution in [0.25, 0.3) is 0 Å². The summed E-state index contributed by atoms with van der Waals surface area (Å²) in [6.45, 7) is 2.00. The summed E-state index contributed by atoms with van der Waals surface area (Å²) >= 11 is 0. The number of amides is 2. The molecule has 0 radical (unpaired) electrons. The van der Waals surface area contributed by atoms with Gasteiger partial charge in [-0.25, -0.2) is 0 Å². The summed E-state index contributed by atoms with van der Waals surface area (Å²) in [7, 11) is 0. The first-order valence-corrected chi connectivity index (χ1v) is 9.20. The number of aryl methyl sites for hydroxylation is 1. The number of para-hydroxylation sites is 1. The molecule has 0 saturated carbocycles. The third-order valence-electron chi connectivity index (χ3n) is 4.38. The smallest absolute Gasteiger partial charge is 0.256 e. The molecular weight excluding hydrogens is 366 g/mol. The molecule has 0 saturated heterocycles. The second-order valence-electron chi connectivity index (χ2n) is 6.66. The first kappa shape index (κ1) is 18.4. The van der Waals surface area contributed by atoms with Gasteiger partial charge in [-0.3, -0.25) is 9.59 Å². The average Bonchev–Trinajstić information content (AvgIpc) is 3.09. The van der Waals surface area contributed by atoms with Gasteiger partial charge in [0, 0.05) is 5.56 Å². The summed E-state index contributed by atoms with van der Waals surface area (Å²) in [6.07, 6.45) is 0.0508. The van der Waals surface area contributed by atoms with Crippen molar-refractivity contribution >= 4 is 23.3 Å². The van der Waals surface area contributed by atoms with Crippen LogP contribution in [-0.4, -0.2) is 17.6 Å². The summed E-state index contributed by atoms with van der Waals surface area (Å²) in [5.74, 6) is 1.18. The Balaban J connectivity index is 1.42. The quantitative estimate of drug-likeness (QED) is 0.729. The minimum absolute atomic E-state index is 0.0508. The van der Waals surface area contributed by atoms with E-state index in [2.05, 4.69) is 10.4 Å². The number of ether oxygens (including phenoxy) is 1. The van der Waals surface area contributed by atoms with E-state index >= 15 is 0 Å². The van der Waals surface area contributed by atoms with E-state index in [0.29, 0.717) is 22.8 Å². The number of carbonyl (C=O) groups excluding carboxylic acids is 2. The molecule has 0 atom stereocenters. The molecule has 2 amide bonds. The molecule has 1 heterocycles. The molecule has 4 rings (SSSR count). The summed E-state index contributed by atoms with van der Waals surface area (Å²) in [4.78, 5) is 24.7. The van der Waals surface area contributed by atoms with Crippen molar-refractivity contribution in [2.24, 2.45) is 5.10 Å². The second kappa shape index (κ2) is 7.98. The van der Waals surface area contributed by atoms with Gasteiger partial charge in [-0.05, 0) is 61.0 Å². The normalized spacial score (nSPS) is 13.2. The van der Waals surface area contributed by atoms with Crippen LogP contribution in [0.3, 0.4) is 0 Å². The molecule has 29 heavy (non-hydrogen) atoms. The lowest BCUT2D eigenvalue weighted by molar-refractivity contribution is -0.116. The molecule has 0 bridgehead atoms. The van der Waals surface area contributed by atoms with Gasteiger partial charge in [-0.1, -0.05) is 30.3 Å². The lowest BCUT2D eigenvalue weighted by Gasteiger charge is -2.10. The van der Waals surface area contributed by atoms with E-state index in [-0.39, 0.29) is 18.2 Å². The monoisotopic (exact) mass is 385 g/mol. The third kappa shape index (κ3) is 4.32. The number of rotatable bonds is 4. The number of hydrazone groups is 1. The van der Waals surface area contributed by atoms with Crippen molar-refractivity contribution in [3.63, 3.8) is 0 Å². The number of hydrogen-bond donors (Lipinski definition) is 1. The maximum absolute atomic E-state index is 12.5. The first-order chi connectivity index (χ1) is 14.1. The van der Waals surface area contributed by atoms with E-state index in [0.717, 1.165) is 11.3 Å². The van der Waals surface area contributed by atoms with Crippen molar-refractivity contribution in [2.45, 2.75) is 13.3 Å². The Hall–Kier alpha value is -3.93. The highest BCUT2D eigenvalue weighted by Gasteiger charge is 2.26. The molecule has 6 heteroatoms. The summed E-state index contributed by atoms with van der Waals surface area (Å²) < 4.78 is 5.80. The molecule has 0 spiro atoms. The van der Waals surface area contributed by atoms with Crippen LogP contribution >= 0.6 is 0 Å². The molecule has 6 nitrogen and oxygen atoms in total. The van der Waals surface area contributed by atoms with Crippen LogP contribution < -0.4 is 15.1 Å². The van der Waals surface area contributed by atoms with Gasteiger partial charge < -0.3 is 10.1 Å². The van der Waals surface area contributed by atoms with Crippen LogP contribution in [0.15, 0.2) is 84.0 Å². The predicted molar refractivity (Wildman–Crippen MR) is 111 cm³/mol. The molecule has 1 N–H and O–H groups in total. The molecule has 144 valence electrons. The van der Waals surface area contributed by atoms with E-state index < -0.39 is 0 Å². The van der Waals surface area contributed by atoms with Crippen LogP contribution in [0.2, 0.25) is 0 Å². The third-order valence-corrected chi connectivity index (χ3v) is 4.38. The van der Waals surface area contributed by atoms with Crippen LogP contribution in [0.1, 0.15) is 22.3 Å². The molecule has 0 aromatic heterocycles. The van der Waals surface area contributed by atoms with E-state index in [1.807, 2.05) is 49.4 Å². The highest BCUT2D eigenvalue weighted by Crippen LogP contribution is 2.23. The molecule has 3 aromatic carbocycles. The Morgan fingerprint density at radius 2 is 1.72 bits per heavy atom. The van der Waals surface area contributed by atoms with Crippen molar-refractivity contribution in [1.29, 1.82) is 0 Å². The number of amidine groups is 1. The number of hydrogen-bond acceptors (Lipinski definition) is 4. The molecular formula is C23H19N3O3. The molecule has 1 aliphatic heterocycles. The topological polar surface area (TPSA) is 71.0 Å². The number of nitrogens with zero attached hydrogens (tertiary/aromatic N) is 2. The van der Waals surface area contributed by atoms with Crippen molar-refractivity contribution in [2.75, 3.05) is 5.01 Å². The molecule has 3 aromatic rings. The number of anilines is 1. The fourth-order valence-corrected chi connectivity index (χ4v) is 2.96. The average molecular weight is 385 g/mol. The highest BCUT2D eigenvalue weighted by molar-refractivity contribution is 6.17. The van der Waals surface area contributed by atoms with Gasteiger partial charge in [0.05, 0.1) is 12.1 Å². The fraction of sp³-hybridized carbons (Fsp3) is 0.0870. The fourth-order valence-electron chi connectivity index (χ4n) is 2.96. The highest BCUT2D eigenvalue weighted by atomic mass is 16.5. The molecule has 0 aliphatic carbocycles. The maximum Gasteiger partial charge on any atom is 0.256 e. The zero-order valence-electron chi connectivity index (χ0n) is 15.8. The summed E-state index contributed by atoms with van der Waals surface area (Å²) in [5.41, 5.74) is 2.23. The van der Waals surface area contributed by atoms with E-state index in [4.69, 9.17) is 4.74 Å². The van der Waals surface area contributed by atoms with Crippen molar-refractivity contribution in [3.05, 3.63) is 90.0 Å². The van der Waals surface area contributed by atoms with Gasteiger partial charge in [0.2, 0.25) is 0 Å². The van der Waals surface area contributed by atoms with Crippen LogP contribution in [0, 0.1) is 6.92 Å². The molecule has 0 fully saturated rings. The molecule has 0 unspecified atom stereocenters. The van der Waals surface area contributed by atoms with Crippen molar-refractivity contribution < 1.29 is 14.3 Å².